The number of hydrogen-bond donors (Lipinski definition) is 1. The minimum absolute atomic E-state index is 0.333. The summed E-state index contributed by atoms with van der Waals surface area (Å²) in [4.78, 5) is 7.01. The van der Waals surface area contributed by atoms with Crippen LogP contribution in [-0.2, 0) is 0 Å². The van der Waals surface area contributed by atoms with Gasteiger partial charge >= 0.3 is 0 Å². The normalized spacial score (nSPS) is 29.5. The number of piperidine rings is 1. The SMILES string of the molecule is Cc1ccc(N2CCC(N)C(C)C2C)c(C)n1. The molecular formula is C14H23N3. The Morgan fingerprint density at radius 3 is 2.65 bits per heavy atom. The molecule has 1 saturated heterocycles. The molecule has 0 aliphatic carbocycles. The van der Waals surface area contributed by atoms with Gasteiger partial charge in [-0.3, -0.25) is 4.98 Å². The van der Waals surface area contributed by atoms with Crippen molar-refractivity contribution in [1.82, 2.24) is 4.98 Å². The van der Waals surface area contributed by atoms with E-state index in [0.717, 1.165) is 24.4 Å². The van der Waals surface area contributed by atoms with Crippen molar-refractivity contribution < 1.29 is 0 Å². The molecule has 1 aliphatic heterocycles. The smallest absolute Gasteiger partial charge is 0.0609 e. The predicted molar refractivity (Wildman–Crippen MR) is 72.3 cm³/mol. The first-order valence-electron chi connectivity index (χ1n) is 6.47. The molecular weight excluding hydrogens is 210 g/mol. The van der Waals surface area contributed by atoms with Crippen LogP contribution >= 0.6 is 0 Å². The Morgan fingerprint density at radius 2 is 2.00 bits per heavy atom. The molecule has 2 heterocycles. The molecule has 3 unspecified atom stereocenters. The summed E-state index contributed by atoms with van der Waals surface area (Å²) in [7, 11) is 0. The van der Waals surface area contributed by atoms with Gasteiger partial charge in [0, 0.05) is 24.3 Å². The Balaban J connectivity index is 2.28. The monoisotopic (exact) mass is 233 g/mol. The Morgan fingerprint density at radius 1 is 1.29 bits per heavy atom. The van der Waals surface area contributed by atoms with Crippen molar-refractivity contribution in [3.8, 4) is 0 Å². The Hall–Kier alpha value is -1.09. The third kappa shape index (κ3) is 2.29. The van der Waals surface area contributed by atoms with Crippen LogP contribution in [0.4, 0.5) is 5.69 Å². The summed E-state index contributed by atoms with van der Waals surface area (Å²) in [5, 5.41) is 0. The van der Waals surface area contributed by atoms with Crippen LogP contribution in [0.5, 0.6) is 0 Å². The van der Waals surface area contributed by atoms with E-state index in [2.05, 4.69) is 42.8 Å². The van der Waals surface area contributed by atoms with Crippen molar-refractivity contribution >= 4 is 5.69 Å². The van der Waals surface area contributed by atoms with E-state index < -0.39 is 0 Å². The fraction of sp³-hybridized carbons (Fsp3) is 0.643. The number of aromatic nitrogens is 1. The lowest BCUT2D eigenvalue weighted by atomic mass is 9.87. The molecule has 3 nitrogen and oxygen atoms in total. The van der Waals surface area contributed by atoms with Gasteiger partial charge in [0.25, 0.3) is 0 Å². The molecule has 1 fully saturated rings. The van der Waals surface area contributed by atoms with Gasteiger partial charge in [-0.15, -0.1) is 0 Å². The number of anilines is 1. The van der Waals surface area contributed by atoms with Gasteiger partial charge < -0.3 is 10.6 Å². The maximum atomic E-state index is 6.13. The van der Waals surface area contributed by atoms with Crippen LogP contribution in [0.15, 0.2) is 12.1 Å². The molecule has 1 aromatic heterocycles. The molecule has 0 amide bonds. The summed E-state index contributed by atoms with van der Waals surface area (Å²) in [6.07, 6.45) is 1.07. The quantitative estimate of drug-likeness (QED) is 0.809. The second-order valence-corrected chi connectivity index (χ2v) is 5.30. The molecule has 0 bridgehead atoms. The van der Waals surface area contributed by atoms with Crippen molar-refractivity contribution in [1.29, 1.82) is 0 Å². The van der Waals surface area contributed by atoms with Crippen LogP contribution in [0.1, 0.15) is 31.7 Å². The summed E-state index contributed by atoms with van der Waals surface area (Å²) in [5.74, 6) is 0.532. The highest BCUT2D eigenvalue weighted by atomic mass is 15.2. The van der Waals surface area contributed by atoms with E-state index in [1.807, 2.05) is 6.92 Å². The van der Waals surface area contributed by atoms with Gasteiger partial charge in [-0.2, -0.15) is 0 Å². The number of rotatable bonds is 1. The largest absolute Gasteiger partial charge is 0.367 e. The van der Waals surface area contributed by atoms with Crippen LogP contribution in [0, 0.1) is 19.8 Å². The standard InChI is InChI=1S/C14H23N3/c1-9-5-6-14(11(3)16-9)17-8-7-13(15)10(2)12(17)4/h5-6,10,12-13H,7-8,15H2,1-4H3. The van der Waals surface area contributed by atoms with Crippen LogP contribution in [0.3, 0.4) is 0 Å². The second kappa shape index (κ2) is 4.65. The zero-order chi connectivity index (χ0) is 12.6. The number of hydrogen-bond acceptors (Lipinski definition) is 3. The van der Waals surface area contributed by atoms with Crippen molar-refractivity contribution in [3.05, 3.63) is 23.5 Å². The lowest BCUT2D eigenvalue weighted by Crippen LogP contribution is -2.52. The Labute approximate surface area is 104 Å². The summed E-state index contributed by atoms with van der Waals surface area (Å²) >= 11 is 0. The van der Waals surface area contributed by atoms with Gasteiger partial charge in [-0.05, 0) is 45.2 Å². The number of nitrogens with zero attached hydrogens (tertiary/aromatic N) is 2. The van der Waals surface area contributed by atoms with Crippen molar-refractivity contribution in [2.24, 2.45) is 11.7 Å². The Bertz CT molecular complexity index is 402. The molecule has 0 aromatic carbocycles. The third-order valence-electron chi connectivity index (χ3n) is 4.14. The molecule has 0 radical (unpaired) electrons. The van der Waals surface area contributed by atoms with Crippen molar-refractivity contribution in [2.75, 3.05) is 11.4 Å². The average molecular weight is 233 g/mol. The van der Waals surface area contributed by atoms with Crippen LogP contribution in [0.2, 0.25) is 0 Å². The molecule has 0 saturated carbocycles. The van der Waals surface area contributed by atoms with Crippen molar-refractivity contribution in [3.63, 3.8) is 0 Å². The van der Waals surface area contributed by atoms with E-state index in [0.29, 0.717) is 18.0 Å². The molecule has 1 aliphatic rings. The van der Waals surface area contributed by atoms with E-state index in [1.165, 1.54) is 5.69 Å². The molecule has 2 N–H and O–H groups in total. The van der Waals surface area contributed by atoms with E-state index in [-0.39, 0.29) is 0 Å². The molecule has 3 atom stereocenters. The van der Waals surface area contributed by atoms with E-state index in [9.17, 15) is 0 Å². The lowest BCUT2D eigenvalue weighted by Gasteiger charge is -2.43. The average Bonchev–Trinajstić information content (AvgIpc) is 2.28. The van der Waals surface area contributed by atoms with Gasteiger partial charge in [0.15, 0.2) is 0 Å². The minimum atomic E-state index is 0.333. The van der Waals surface area contributed by atoms with Crippen LogP contribution in [0.25, 0.3) is 0 Å². The summed E-state index contributed by atoms with van der Waals surface area (Å²) < 4.78 is 0. The summed E-state index contributed by atoms with van der Waals surface area (Å²) in [6.45, 7) is 9.68. The highest BCUT2D eigenvalue weighted by molar-refractivity contribution is 5.52. The van der Waals surface area contributed by atoms with Gasteiger partial charge in [-0.1, -0.05) is 6.92 Å². The van der Waals surface area contributed by atoms with Crippen LogP contribution in [-0.4, -0.2) is 23.6 Å². The number of aryl methyl sites for hydroxylation is 2. The van der Waals surface area contributed by atoms with Crippen LogP contribution < -0.4 is 10.6 Å². The topological polar surface area (TPSA) is 42.1 Å². The number of nitrogens with two attached hydrogens (primary N) is 1. The predicted octanol–water partition coefficient (Wildman–Crippen LogP) is 2.26. The first kappa shape index (κ1) is 12.4. The van der Waals surface area contributed by atoms with Crippen molar-refractivity contribution in [2.45, 2.75) is 46.2 Å². The van der Waals surface area contributed by atoms with Gasteiger partial charge in [-0.25, -0.2) is 0 Å². The highest BCUT2D eigenvalue weighted by Crippen LogP contribution is 2.29. The minimum Gasteiger partial charge on any atom is -0.367 e. The zero-order valence-corrected chi connectivity index (χ0v) is 11.3. The van der Waals surface area contributed by atoms with Gasteiger partial charge in [0.1, 0.15) is 0 Å². The van der Waals surface area contributed by atoms with Gasteiger partial charge in [0.2, 0.25) is 0 Å². The molecule has 3 heteroatoms. The molecule has 94 valence electrons. The number of pyridine rings is 1. The first-order valence-corrected chi connectivity index (χ1v) is 6.47. The molecule has 2 rings (SSSR count). The molecule has 0 spiro atoms. The fourth-order valence-electron chi connectivity index (χ4n) is 2.72. The van der Waals surface area contributed by atoms with E-state index >= 15 is 0 Å². The summed E-state index contributed by atoms with van der Waals surface area (Å²) in [6, 6.07) is 5.10. The highest BCUT2D eigenvalue weighted by Gasteiger charge is 2.31. The van der Waals surface area contributed by atoms with E-state index in [4.69, 9.17) is 5.73 Å². The van der Waals surface area contributed by atoms with E-state index in [1.54, 1.807) is 0 Å². The first-order chi connectivity index (χ1) is 8.00. The Kier molecular flexibility index (Phi) is 3.38. The van der Waals surface area contributed by atoms with Gasteiger partial charge in [0.05, 0.1) is 11.4 Å². The third-order valence-corrected chi connectivity index (χ3v) is 4.14. The zero-order valence-electron chi connectivity index (χ0n) is 11.3. The fourth-order valence-corrected chi connectivity index (χ4v) is 2.72. The second-order valence-electron chi connectivity index (χ2n) is 5.30. The molecule has 17 heavy (non-hydrogen) atoms. The maximum absolute atomic E-state index is 6.13. The molecule has 1 aromatic rings. The maximum Gasteiger partial charge on any atom is 0.0609 e. The summed E-state index contributed by atoms with van der Waals surface area (Å²) in [5.41, 5.74) is 9.60. The lowest BCUT2D eigenvalue weighted by molar-refractivity contribution is 0.315.